The van der Waals surface area contributed by atoms with Gasteiger partial charge < -0.3 is 9.64 Å². The molecule has 0 bridgehead atoms. The molecular formula is C16H21NO5S2. The maximum atomic E-state index is 12.3. The van der Waals surface area contributed by atoms with Gasteiger partial charge in [0.25, 0.3) is 5.91 Å². The monoisotopic (exact) mass is 371 g/mol. The highest BCUT2D eigenvalue weighted by molar-refractivity contribution is 7.91. The maximum absolute atomic E-state index is 12.3. The smallest absolute Gasteiger partial charge is 0.331 e. The second-order valence-corrected chi connectivity index (χ2v) is 9.42. The van der Waals surface area contributed by atoms with Gasteiger partial charge in [-0.05, 0) is 38.5 Å². The molecule has 0 radical (unpaired) electrons. The van der Waals surface area contributed by atoms with Crippen LogP contribution in [-0.4, -0.2) is 55.9 Å². The van der Waals surface area contributed by atoms with Crippen molar-refractivity contribution in [3.8, 4) is 0 Å². The maximum Gasteiger partial charge on any atom is 0.331 e. The quantitative estimate of drug-likeness (QED) is 0.581. The van der Waals surface area contributed by atoms with Crippen molar-refractivity contribution in [1.29, 1.82) is 0 Å². The number of thiophene rings is 1. The molecule has 0 aliphatic carbocycles. The molecule has 0 N–H and O–H groups in total. The van der Waals surface area contributed by atoms with Crippen LogP contribution in [0.15, 0.2) is 18.2 Å². The van der Waals surface area contributed by atoms with E-state index in [9.17, 15) is 18.0 Å². The molecule has 132 valence electrons. The largest absolute Gasteiger partial charge is 0.449 e. The van der Waals surface area contributed by atoms with Crippen molar-refractivity contribution in [1.82, 2.24) is 4.90 Å². The molecule has 2 heterocycles. The van der Waals surface area contributed by atoms with Gasteiger partial charge in [0.1, 0.15) is 0 Å². The molecular weight excluding hydrogens is 350 g/mol. The van der Waals surface area contributed by atoms with Crippen LogP contribution < -0.4 is 0 Å². The molecule has 8 heteroatoms. The van der Waals surface area contributed by atoms with E-state index in [0.29, 0.717) is 6.42 Å². The summed E-state index contributed by atoms with van der Waals surface area (Å²) < 4.78 is 28.1. The predicted molar refractivity (Wildman–Crippen MR) is 93.5 cm³/mol. The van der Waals surface area contributed by atoms with E-state index in [-0.39, 0.29) is 17.5 Å². The minimum Gasteiger partial charge on any atom is -0.449 e. The SMILES string of the molecule is Cc1ccc(/C=C/C(=O)O[C@H](C)C(=O)N(C)[C@@H]2CCS(=O)(=O)C2)s1. The third-order valence-corrected chi connectivity index (χ3v) is 6.61. The molecule has 6 nitrogen and oxygen atoms in total. The molecule has 1 amide bonds. The molecule has 1 aliphatic rings. The second kappa shape index (κ2) is 7.48. The summed E-state index contributed by atoms with van der Waals surface area (Å²) in [6.45, 7) is 3.46. The number of carbonyl (C=O) groups excluding carboxylic acids is 2. The third kappa shape index (κ3) is 4.91. The summed E-state index contributed by atoms with van der Waals surface area (Å²) in [4.78, 5) is 27.5. The van der Waals surface area contributed by atoms with Crippen molar-refractivity contribution in [3.63, 3.8) is 0 Å². The lowest BCUT2D eigenvalue weighted by molar-refractivity contribution is -0.155. The zero-order chi connectivity index (χ0) is 17.9. The number of hydrogen-bond acceptors (Lipinski definition) is 6. The van der Waals surface area contributed by atoms with E-state index in [1.54, 1.807) is 24.5 Å². The van der Waals surface area contributed by atoms with Gasteiger partial charge >= 0.3 is 5.97 Å². The van der Waals surface area contributed by atoms with Crippen molar-refractivity contribution >= 4 is 39.1 Å². The number of likely N-dealkylation sites (N-methyl/N-ethyl adjacent to an activating group) is 1. The van der Waals surface area contributed by atoms with Crippen LogP contribution in [0.3, 0.4) is 0 Å². The molecule has 0 unspecified atom stereocenters. The van der Waals surface area contributed by atoms with E-state index < -0.39 is 27.8 Å². The molecule has 0 aromatic carbocycles. The summed E-state index contributed by atoms with van der Waals surface area (Å²) in [6.07, 6.45) is 2.39. The fourth-order valence-corrected chi connectivity index (χ4v) is 5.06. The Hall–Kier alpha value is -1.67. The predicted octanol–water partition coefficient (Wildman–Crippen LogP) is 1.65. The first-order chi connectivity index (χ1) is 11.2. The summed E-state index contributed by atoms with van der Waals surface area (Å²) in [5, 5.41) is 0. The van der Waals surface area contributed by atoms with Gasteiger partial charge in [-0.3, -0.25) is 4.79 Å². The molecule has 1 aromatic heterocycles. The van der Waals surface area contributed by atoms with Crippen LogP contribution >= 0.6 is 11.3 Å². The number of hydrogen-bond donors (Lipinski definition) is 0. The minimum absolute atomic E-state index is 0.0342. The van der Waals surface area contributed by atoms with Crippen LogP contribution in [0.4, 0.5) is 0 Å². The van der Waals surface area contributed by atoms with E-state index in [2.05, 4.69) is 0 Å². The first-order valence-corrected chi connectivity index (χ1v) is 10.2. The van der Waals surface area contributed by atoms with E-state index in [1.807, 2.05) is 19.1 Å². The van der Waals surface area contributed by atoms with Gasteiger partial charge in [-0.25, -0.2) is 13.2 Å². The number of aryl methyl sites for hydroxylation is 1. The van der Waals surface area contributed by atoms with Crippen molar-refractivity contribution in [2.75, 3.05) is 18.6 Å². The van der Waals surface area contributed by atoms with Gasteiger partial charge in [0.2, 0.25) is 0 Å². The summed E-state index contributed by atoms with van der Waals surface area (Å²) in [6, 6.07) is 3.49. The van der Waals surface area contributed by atoms with Gasteiger partial charge in [0.05, 0.1) is 11.5 Å². The highest BCUT2D eigenvalue weighted by Crippen LogP contribution is 2.18. The topological polar surface area (TPSA) is 80.8 Å². The average molecular weight is 371 g/mol. The van der Waals surface area contributed by atoms with Crippen molar-refractivity contribution < 1.29 is 22.7 Å². The fourth-order valence-electron chi connectivity index (χ4n) is 2.50. The van der Waals surface area contributed by atoms with Crippen LogP contribution in [0.1, 0.15) is 23.1 Å². The molecule has 1 saturated heterocycles. The molecule has 0 saturated carbocycles. The van der Waals surface area contributed by atoms with Gasteiger partial charge in [0.15, 0.2) is 15.9 Å². The first-order valence-electron chi connectivity index (χ1n) is 7.60. The van der Waals surface area contributed by atoms with Gasteiger partial charge in [-0.1, -0.05) is 0 Å². The third-order valence-electron chi connectivity index (χ3n) is 3.89. The Kier molecular flexibility index (Phi) is 5.82. The summed E-state index contributed by atoms with van der Waals surface area (Å²) in [5.74, 6) is -0.944. The highest BCUT2D eigenvalue weighted by Gasteiger charge is 2.34. The molecule has 24 heavy (non-hydrogen) atoms. The lowest BCUT2D eigenvalue weighted by atomic mass is 10.2. The van der Waals surface area contributed by atoms with E-state index in [1.165, 1.54) is 17.9 Å². The van der Waals surface area contributed by atoms with Crippen LogP contribution in [0.5, 0.6) is 0 Å². The normalized spacial score (nSPS) is 20.9. The highest BCUT2D eigenvalue weighted by atomic mass is 32.2. The Balaban J connectivity index is 1.88. The van der Waals surface area contributed by atoms with Crippen LogP contribution in [0.25, 0.3) is 6.08 Å². The first kappa shape index (κ1) is 18.7. The Bertz CT molecular complexity index is 750. The molecule has 1 fully saturated rings. The van der Waals surface area contributed by atoms with Crippen molar-refractivity contribution in [2.45, 2.75) is 32.4 Å². The van der Waals surface area contributed by atoms with E-state index >= 15 is 0 Å². The number of rotatable bonds is 5. The number of nitrogens with zero attached hydrogens (tertiary/aromatic N) is 1. The second-order valence-electron chi connectivity index (χ2n) is 5.87. The standard InChI is InChI=1S/C16H21NO5S2/c1-11-4-5-14(23-11)6-7-15(18)22-12(2)16(19)17(3)13-8-9-24(20,21)10-13/h4-7,12-13H,8-10H2,1-3H3/b7-6+/t12-,13-/m1/s1. The zero-order valence-electron chi connectivity index (χ0n) is 13.9. The van der Waals surface area contributed by atoms with Crippen LogP contribution in [0.2, 0.25) is 0 Å². The minimum atomic E-state index is -3.07. The number of ether oxygens (including phenoxy) is 1. The van der Waals surface area contributed by atoms with Gasteiger partial charge in [0, 0.05) is 28.9 Å². The zero-order valence-corrected chi connectivity index (χ0v) is 15.5. The van der Waals surface area contributed by atoms with Crippen LogP contribution in [-0.2, 0) is 24.2 Å². The number of amides is 1. The summed E-state index contributed by atoms with van der Waals surface area (Å²) >= 11 is 1.55. The Labute approximate surface area is 146 Å². The Morgan fingerprint density at radius 2 is 2.12 bits per heavy atom. The number of carbonyl (C=O) groups is 2. The van der Waals surface area contributed by atoms with Crippen LogP contribution in [0, 0.1) is 6.92 Å². The average Bonchev–Trinajstić information content (AvgIpc) is 3.08. The fraction of sp³-hybridized carbons (Fsp3) is 0.500. The van der Waals surface area contributed by atoms with Crippen molar-refractivity contribution in [2.24, 2.45) is 0 Å². The summed E-state index contributed by atoms with van der Waals surface area (Å²) in [7, 11) is -1.53. The lowest BCUT2D eigenvalue weighted by Gasteiger charge is -2.26. The number of esters is 1. The molecule has 0 spiro atoms. The van der Waals surface area contributed by atoms with E-state index in [0.717, 1.165) is 9.75 Å². The van der Waals surface area contributed by atoms with Gasteiger partial charge in [-0.15, -0.1) is 11.3 Å². The molecule has 2 rings (SSSR count). The number of sulfone groups is 1. The Morgan fingerprint density at radius 3 is 2.67 bits per heavy atom. The van der Waals surface area contributed by atoms with Gasteiger partial charge in [-0.2, -0.15) is 0 Å². The summed E-state index contributed by atoms with van der Waals surface area (Å²) in [5.41, 5.74) is 0. The Morgan fingerprint density at radius 1 is 1.42 bits per heavy atom. The van der Waals surface area contributed by atoms with E-state index in [4.69, 9.17) is 4.74 Å². The molecule has 1 aliphatic heterocycles. The molecule has 1 aromatic rings. The lowest BCUT2D eigenvalue weighted by Crippen LogP contribution is -2.44. The van der Waals surface area contributed by atoms with Crippen molar-refractivity contribution in [3.05, 3.63) is 28.0 Å². The molecule has 2 atom stereocenters.